The number of rotatable bonds is 4. The van der Waals surface area contributed by atoms with E-state index in [-0.39, 0.29) is 24.1 Å². The lowest BCUT2D eigenvalue weighted by molar-refractivity contribution is -0.136. The van der Waals surface area contributed by atoms with E-state index in [4.69, 9.17) is 0 Å². The predicted octanol–water partition coefficient (Wildman–Crippen LogP) is 1.66. The first-order chi connectivity index (χ1) is 14.1. The summed E-state index contributed by atoms with van der Waals surface area (Å²) in [7, 11) is 0. The summed E-state index contributed by atoms with van der Waals surface area (Å²) in [5.41, 5.74) is 6.35. The van der Waals surface area contributed by atoms with Crippen LogP contribution in [0.1, 0.15) is 45.5 Å². The Hall–Kier alpha value is -3.19. The summed E-state index contributed by atoms with van der Waals surface area (Å²) >= 11 is 0. The fourth-order valence-electron chi connectivity index (χ4n) is 4.42. The molecule has 0 aliphatic carbocycles. The van der Waals surface area contributed by atoms with Gasteiger partial charge in [-0.05, 0) is 46.9 Å². The van der Waals surface area contributed by atoms with Crippen LogP contribution in [0.4, 0.5) is 5.69 Å². The third-order valence-electron chi connectivity index (χ3n) is 6.00. The molecule has 1 unspecified atom stereocenters. The number of benzene rings is 2. The molecule has 0 bridgehead atoms. The van der Waals surface area contributed by atoms with Crippen LogP contribution in [0.15, 0.2) is 36.4 Å². The van der Waals surface area contributed by atoms with E-state index >= 15 is 0 Å². The summed E-state index contributed by atoms with van der Waals surface area (Å²) in [4.78, 5) is 38.2. The maximum atomic E-state index is 12.9. The molecular weight excluding hydrogens is 368 g/mol. The number of piperidine rings is 1. The molecule has 7 nitrogen and oxygen atoms in total. The van der Waals surface area contributed by atoms with E-state index in [0.29, 0.717) is 25.1 Å². The zero-order valence-electron chi connectivity index (χ0n) is 16.0. The first-order valence-corrected chi connectivity index (χ1v) is 9.92. The molecule has 0 aromatic heterocycles. The average molecular weight is 390 g/mol. The second-order valence-electron chi connectivity index (χ2n) is 7.78. The predicted molar refractivity (Wildman–Crippen MR) is 107 cm³/mol. The number of carbonyl (C=O) groups excluding carboxylic acids is 3. The molecule has 2 aromatic carbocycles. The van der Waals surface area contributed by atoms with Gasteiger partial charge in [-0.25, -0.2) is 0 Å². The van der Waals surface area contributed by atoms with Crippen molar-refractivity contribution >= 4 is 23.4 Å². The lowest BCUT2D eigenvalue weighted by Crippen LogP contribution is -2.52. The number of amides is 3. The molecule has 3 aliphatic heterocycles. The quantitative estimate of drug-likeness (QED) is 0.691. The summed E-state index contributed by atoms with van der Waals surface area (Å²) in [5.74, 6) is -0.793. The highest BCUT2D eigenvalue weighted by Crippen LogP contribution is 2.30. The van der Waals surface area contributed by atoms with Crippen LogP contribution >= 0.6 is 0 Å². The van der Waals surface area contributed by atoms with Gasteiger partial charge < -0.3 is 15.5 Å². The number of fused-ring (bicyclic) bond motifs is 2. The number of hydrogen-bond donors (Lipinski definition) is 3. The van der Waals surface area contributed by atoms with Crippen molar-refractivity contribution in [1.82, 2.24) is 15.5 Å². The molecule has 0 radical (unpaired) electrons. The van der Waals surface area contributed by atoms with Crippen molar-refractivity contribution in [3.63, 3.8) is 0 Å². The van der Waals surface area contributed by atoms with Crippen LogP contribution in [-0.2, 0) is 35.8 Å². The Bertz CT molecular complexity index is 1030. The Kier molecular flexibility index (Phi) is 4.32. The van der Waals surface area contributed by atoms with Crippen LogP contribution in [0, 0.1) is 0 Å². The number of imide groups is 1. The van der Waals surface area contributed by atoms with Crippen LogP contribution in [0.2, 0.25) is 0 Å². The minimum absolute atomic E-state index is 0.139. The van der Waals surface area contributed by atoms with Crippen molar-refractivity contribution in [1.29, 1.82) is 0 Å². The SMILES string of the molecule is O=C1CCC(N2Cc3c(CNc4ccc5c(c4)CNC5)cccc3C2=O)C(=O)N1. The largest absolute Gasteiger partial charge is 0.381 e. The van der Waals surface area contributed by atoms with E-state index in [9.17, 15) is 14.4 Å². The smallest absolute Gasteiger partial charge is 0.255 e. The maximum absolute atomic E-state index is 12.9. The summed E-state index contributed by atoms with van der Waals surface area (Å²) in [6.45, 7) is 2.80. The van der Waals surface area contributed by atoms with Crippen LogP contribution in [0.3, 0.4) is 0 Å². The summed E-state index contributed by atoms with van der Waals surface area (Å²) in [5, 5.41) is 9.15. The Morgan fingerprint density at radius 3 is 2.79 bits per heavy atom. The molecule has 148 valence electrons. The van der Waals surface area contributed by atoms with Crippen molar-refractivity contribution in [2.75, 3.05) is 5.32 Å². The molecular formula is C22H22N4O3. The maximum Gasteiger partial charge on any atom is 0.255 e. The number of nitrogens with zero attached hydrogens (tertiary/aromatic N) is 1. The average Bonchev–Trinajstić information content (AvgIpc) is 3.31. The van der Waals surface area contributed by atoms with Crippen molar-refractivity contribution in [3.8, 4) is 0 Å². The Morgan fingerprint density at radius 1 is 1.07 bits per heavy atom. The molecule has 5 rings (SSSR count). The first kappa shape index (κ1) is 17.9. The fourth-order valence-corrected chi connectivity index (χ4v) is 4.42. The zero-order valence-corrected chi connectivity index (χ0v) is 16.0. The summed E-state index contributed by atoms with van der Waals surface area (Å²) in [6, 6.07) is 11.5. The molecule has 3 heterocycles. The van der Waals surface area contributed by atoms with E-state index in [2.05, 4.69) is 34.1 Å². The number of anilines is 1. The van der Waals surface area contributed by atoms with Crippen molar-refractivity contribution in [2.24, 2.45) is 0 Å². The number of carbonyl (C=O) groups is 3. The second kappa shape index (κ2) is 7.00. The molecule has 2 aromatic rings. The van der Waals surface area contributed by atoms with Crippen molar-refractivity contribution in [2.45, 2.75) is 45.1 Å². The van der Waals surface area contributed by atoms with Crippen LogP contribution in [0.5, 0.6) is 0 Å². The molecule has 1 fully saturated rings. The molecule has 1 atom stereocenters. The van der Waals surface area contributed by atoms with Gasteiger partial charge in [0.15, 0.2) is 0 Å². The molecule has 3 N–H and O–H groups in total. The first-order valence-electron chi connectivity index (χ1n) is 9.92. The molecule has 29 heavy (non-hydrogen) atoms. The van der Waals surface area contributed by atoms with Crippen LogP contribution in [-0.4, -0.2) is 28.7 Å². The van der Waals surface area contributed by atoms with Gasteiger partial charge in [-0.3, -0.25) is 19.7 Å². The van der Waals surface area contributed by atoms with Gasteiger partial charge in [-0.15, -0.1) is 0 Å². The Labute approximate surface area is 168 Å². The van der Waals surface area contributed by atoms with Gasteiger partial charge in [0.1, 0.15) is 6.04 Å². The van der Waals surface area contributed by atoms with Gasteiger partial charge in [0.2, 0.25) is 11.8 Å². The molecule has 0 saturated carbocycles. The van der Waals surface area contributed by atoms with Crippen LogP contribution < -0.4 is 16.0 Å². The van der Waals surface area contributed by atoms with Gasteiger partial charge in [-0.2, -0.15) is 0 Å². The molecule has 1 saturated heterocycles. The van der Waals surface area contributed by atoms with E-state index in [1.54, 1.807) is 4.90 Å². The topological polar surface area (TPSA) is 90.5 Å². The molecule has 0 spiro atoms. The zero-order chi connectivity index (χ0) is 20.0. The second-order valence-corrected chi connectivity index (χ2v) is 7.78. The molecule has 3 aliphatic rings. The van der Waals surface area contributed by atoms with Gasteiger partial charge >= 0.3 is 0 Å². The lowest BCUT2D eigenvalue weighted by atomic mass is 10.0. The highest BCUT2D eigenvalue weighted by Gasteiger charge is 2.39. The highest BCUT2D eigenvalue weighted by atomic mass is 16.2. The van der Waals surface area contributed by atoms with E-state index in [0.717, 1.165) is 29.9 Å². The minimum Gasteiger partial charge on any atom is -0.381 e. The number of nitrogens with one attached hydrogen (secondary N) is 3. The summed E-state index contributed by atoms with van der Waals surface area (Å²) < 4.78 is 0. The van der Waals surface area contributed by atoms with Crippen molar-refractivity contribution < 1.29 is 14.4 Å². The monoisotopic (exact) mass is 390 g/mol. The minimum atomic E-state index is -0.586. The van der Waals surface area contributed by atoms with E-state index < -0.39 is 6.04 Å². The van der Waals surface area contributed by atoms with Gasteiger partial charge in [0.25, 0.3) is 5.91 Å². The standard InChI is InChI=1S/C22H22N4O3/c27-20-7-6-19(21(28)25-20)26-12-18-14(2-1-3-17(18)22(26)29)11-24-16-5-4-13-9-23-10-15(13)8-16/h1-5,8,19,23-24H,6-7,9-12H2,(H,25,27,28). The Balaban J connectivity index is 1.34. The van der Waals surface area contributed by atoms with E-state index in [1.165, 1.54) is 11.1 Å². The summed E-state index contributed by atoms with van der Waals surface area (Å²) in [6.07, 6.45) is 0.638. The van der Waals surface area contributed by atoms with Crippen LogP contribution in [0.25, 0.3) is 0 Å². The number of hydrogen-bond acceptors (Lipinski definition) is 5. The molecule has 3 amide bonds. The van der Waals surface area contributed by atoms with Crippen molar-refractivity contribution in [3.05, 3.63) is 64.2 Å². The normalized spacial score (nSPS) is 20.5. The van der Waals surface area contributed by atoms with Gasteiger partial charge in [-0.1, -0.05) is 18.2 Å². The third kappa shape index (κ3) is 3.17. The highest BCUT2D eigenvalue weighted by molar-refractivity contribution is 6.05. The lowest BCUT2D eigenvalue weighted by Gasteiger charge is -2.29. The fraction of sp³-hybridized carbons (Fsp3) is 0.318. The van der Waals surface area contributed by atoms with Gasteiger partial charge in [0, 0.05) is 43.9 Å². The third-order valence-corrected chi connectivity index (χ3v) is 6.00. The molecule has 7 heteroatoms. The Morgan fingerprint density at radius 2 is 1.93 bits per heavy atom. The van der Waals surface area contributed by atoms with E-state index in [1.807, 2.05) is 18.2 Å². The van der Waals surface area contributed by atoms with Gasteiger partial charge in [0.05, 0.1) is 0 Å².